The molecule has 21 heavy (non-hydrogen) atoms. The Kier molecular flexibility index (Phi) is 4.92. The summed E-state index contributed by atoms with van der Waals surface area (Å²) in [4.78, 5) is 10.5. The third kappa shape index (κ3) is 3.58. The highest BCUT2D eigenvalue weighted by molar-refractivity contribution is 9.10. The molecule has 110 valence electrons. The van der Waals surface area contributed by atoms with E-state index in [0.717, 1.165) is 6.07 Å². The number of hydrogen-bond donors (Lipinski definition) is 0. The van der Waals surface area contributed by atoms with Gasteiger partial charge in [0.15, 0.2) is 0 Å². The van der Waals surface area contributed by atoms with E-state index in [-0.39, 0.29) is 21.5 Å². The highest BCUT2D eigenvalue weighted by Crippen LogP contribution is 2.40. The van der Waals surface area contributed by atoms with Crippen LogP contribution in [0.5, 0.6) is 17.2 Å². The minimum absolute atomic E-state index is 0.000247. The third-order valence-electron chi connectivity index (χ3n) is 2.56. The number of nitrogens with zero attached hydrogens (tertiary/aromatic N) is 1. The molecule has 0 heterocycles. The van der Waals surface area contributed by atoms with Gasteiger partial charge in [-0.25, -0.2) is 0 Å². The Morgan fingerprint density at radius 1 is 1.14 bits per heavy atom. The van der Waals surface area contributed by atoms with Gasteiger partial charge in [0, 0.05) is 12.1 Å². The molecule has 8 heteroatoms. The minimum Gasteiger partial charge on any atom is -0.497 e. The highest BCUT2D eigenvalue weighted by Gasteiger charge is 2.20. The van der Waals surface area contributed by atoms with Crippen molar-refractivity contribution >= 4 is 44.8 Å². The van der Waals surface area contributed by atoms with E-state index in [1.807, 2.05) is 0 Å². The lowest BCUT2D eigenvalue weighted by Crippen LogP contribution is -1.95. The highest BCUT2D eigenvalue weighted by atomic mass is 79.9. The summed E-state index contributed by atoms with van der Waals surface area (Å²) >= 11 is 15.0. The Hall–Kier alpha value is -1.50. The number of halogens is 3. The maximum absolute atomic E-state index is 11.1. The Bertz CT molecular complexity index is 709. The molecular weight excluding hydrogens is 385 g/mol. The monoisotopic (exact) mass is 391 g/mol. The molecule has 0 saturated carbocycles. The van der Waals surface area contributed by atoms with Crippen LogP contribution in [0.25, 0.3) is 0 Å². The number of ether oxygens (including phenoxy) is 2. The Morgan fingerprint density at radius 3 is 2.38 bits per heavy atom. The molecule has 0 bridgehead atoms. The van der Waals surface area contributed by atoms with E-state index in [1.54, 1.807) is 18.2 Å². The Balaban J connectivity index is 2.43. The number of methoxy groups -OCH3 is 1. The van der Waals surface area contributed by atoms with Crippen LogP contribution in [0.1, 0.15) is 0 Å². The molecule has 0 N–H and O–H groups in total. The molecule has 0 aliphatic rings. The van der Waals surface area contributed by atoms with Crippen LogP contribution in [-0.2, 0) is 0 Å². The van der Waals surface area contributed by atoms with Crippen LogP contribution in [0.3, 0.4) is 0 Å². The summed E-state index contributed by atoms with van der Waals surface area (Å²) in [6.45, 7) is 0. The zero-order chi connectivity index (χ0) is 15.6. The number of benzene rings is 2. The quantitative estimate of drug-likeness (QED) is 0.511. The first kappa shape index (κ1) is 15.9. The molecule has 0 aromatic heterocycles. The minimum atomic E-state index is -0.588. The van der Waals surface area contributed by atoms with Gasteiger partial charge < -0.3 is 9.47 Å². The van der Waals surface area contributed by atoms with Crippen molar-refractivity contribution in [1.82, 2.24) is 0 Å². The lowest BCUT2D eigenvalue weighted by Gasteiger charge is -2.10. The van der Waals surface area contributed by atoms with E-state index in [0.29, 0.717) is 16.0 Å². The summed E-state index contributed by atoms with van der Waals surface area (Å²) in [5.74, 6) is 1.01. The second kappa shape index (κ2) is 6.51. The van der Waals surface area contributed by atoms with Crippen molar-refractivity contribution < 1.29 is 14.4 Å². The molecular formula is C13H8BrCl2NO4. The summed E-state index contributed by atoms with van der Waals surface area (Å²) < 4.78 is 11.2. The SMILES string of the molecule is COc1ccc(Oc2cc(Cl)c(Cl)cc2[N+](=O)[O-])c(Br)c1. The van der Waals surface area contributed by atoms with E-state index in [1.165, 1.54) is 13.2 Å². The van der Waals surface area contributed by atoms with Gasteiger partial charge in [-0.05, 0) is 34.1 Å². The summed E-state index contributed by atoms with van der Waals surface area (Å²) in [5, 5.41) is 11.3. The molecule has 0 spiro atoms. The van der Waals surface area contributed by atoms with E-state index in [2.05, 4.69) is 15.9 Å². The fourth-order valence-electron chi connectivity index (χ4n) is 1.55. The van der Waals surface area contributed by atoms with Gasteiger partial charge in [-0.15, -0.1) is 0 Å². The summed E-state index contributed by atoms with van der Waals surface area (Å²) in [6.07, 6.45) is 0. The van der Waals surface area contributed by atoms with E-state index in [4.69, 9.17) is 32.7 Å². The molecule has 2 rings (SSSR count). The topological polar surface area (TPSA) is 61.6 Å². The van der Waals surface area contributed by atoms with Crippen molar-refractivity contribution in [3.63, 3.8) is 0 Å². The molecule has 2 aromatic carbocycles. The largest absolute Gasteiger partial charge is 0.497 e. The smallest absolute Gasteiger partial charge is 0.313 e. The van der Waals surface area contributed by atoms with Gasteiger partial charge in [-0.1, -0.05) is 23.2 Å². The molecule has 0 fully saturated rings. The second-order valence-electron chi connectivity index (χ2n) is 3.89. The number of rotatable bonds is 4. The molecule has 0 atom stereocenters. The fraction of sp³-hybridized carbons (Fsp3) is 0.0769. The van der Waals surface area contributed by atoms with Gasteiger partial charge in [-0.3, -0.25) is 10.1 Å². The van der Waals surface area contributed by atoms with Crippen molar-refractivity contribution in [1.29, 1.82) is 0 Å². The van der Waals surface area contributed by atoms with Gasteiger partial charge in [0.1, 0.15) is 11.5 Å². The van der Waals surface area contributed by atoms with E-state index in [9.17, 15) is 10.1 Å². The molecule has 0 aliphatic heterocycles. The summed E-state index contributed by atoms with van der Waals surface area (Å²) in [7, 11) is 1.53. The lowest BCUT2D eigenvalue weighted by molar-refractivity contribution is -0.385. The third-order valence-corrected chi connectivity index (χ3v) is 3.90. The predicted octanol–water partition coefficient (Wildman–Crippen LogP) is 5.47. The fourth-order valence-corrected chi connectivity index (χ4v) is 2.30. The van der Waals surface area contributed by atoms with Gasteiger partial charge in [0.05, 0.1) is 26.6 Å². The van der Waals surface area contributed by atoms with Gasteiger partial charge in [0.25, 0.3) is 0 Å². The first-order chi connectivity index (χ1) is 9.92. The standard InChI is InChI=1S/C13H8BrCl2NO4/c1-20-7-2-3-12(8(14)4-7)21-13-6-10(16)9(15)5-11(13)17(18)19/h2-6H,1H3. The lowest BCUT2D eigenvalue weighted by atomic mass is 10.3. The molecule has 2 aromatic rings. The first-order valence-electron chi connectivity index (χ1n) is 5.57. The average molecular weight is 393 g/mol. The number of nitro benzene ring substituents is 1. The molecule has 5 nitrogen and oxygen atoms in total. The zero-order valence-electron chi connectivity index (χ0n) is 10.6. The van der Waals surface area contributed by atoms with Crippen molar-refractivity contribution in [2.45, 2.75) is 0 Å². The van der Waals surface area contributed by atoms with Gasteiger partial charge in [-0.2, -0.15) is 0 Å². The van der Waals surface area contributed by atoms with Crippen molar-refractivity contribution in [3.8, 4) is 17.2 Å². The van der Waals surface area contributed by atoms with Gasteiger partial charge >= 0.3 is 5.69 Å². The molecule has 0 amide bonds. The van der Waals surface area contributed by atoms with Crippen LogP contribution in [0.2, 0.25) is 10.0 Å². The molecule has 0 saturated heterocycles. The van der Waals surface area contributed by atoms with Crippen molar-refractivity contribution in [2.75, 3.05) is 7.11 Å². The van der Waals surface area contributed by atoms with Crippen LogP contribution in [0.4, 0.5) is 5.69 Å². The average Bonchev–Trinajstić information content (AvgIpc) is 2.44. The van der Waals surface area contributed by atoms with Crippen LogP contribution >= 0.6 is 39.1 Å². The normalized spacial score (nSPS) is 10.3. The summed E-state index contributed by atoms with van der Waals surface area (Å²) in [5.41, 5.74) is -0.271. The maximum atomic E-state index is 11.1. The predicted molar refractivity (Wildman–Crippen MR) is 83.9 cm³/mol. The van der Waals surface area contributed by atoms with Crippen molar-refractivity contribution in [2.24, 2.45) is 0 Å². The number of hydrogen-bond acceptors (Lipinski definition) is 4. The Morgan fingerprint density at radius 2 is 1.81 bits per heavy atom. The summed E-state index contributed by atoms with van der Waals surface area (Å²) in [6, 6.07) is 7.42. The van der Waals surface area contributed by atoms with Crippen LogP contribution < -0.4 is 9.47 Å². The van der Waals surface area contributed by atoms with E-state index < -0.39 is 4.92 Å². The van der Waals surface area contributed by atoms with E-state index >= 15 is 0 Å². The Labute approximate surface area is 138 Å². The second-order valence-corrected chi connectivity index (χ2v) is 5.56. The van der Waals surface area contributed by atoms with Gasteiger partial charge in [0.2, 0.25) is 5.75 Å². The zero-order valence-corrected chi connectivity index (χ0v) is 13.7. The van der Waals surface area contributed by atoms with Crippen LogP contribution in [-0.4, -0.2) is 12.0 Å². The molecule has 0 radical (unpaired) electrons. The first-order valence-corrected chi connectivity index (χ1v) is 7.12. The van der Waals surface area contributed by atoms with Crippen LogP contribution in [0.15, 0.2) is 34.8 Å². The maximum Gasteiger partial charge on any atom is 0.313 e. The van der Waals surface area contributed by atoms with Crippen molar-refractivity contribution in [3.05, 3.63) is 55.0 Å². The molecule has 0 aliphatic carbocycles. The number of nitro groups is 1. The molecule has 0 unspecified atom stereocenters. The van der Waals surface area contributed by atoms with Crippen LogP contribution in [0, 0.1) is 10.1 Å².